The fourth-order valence-corrected chi connectivity index (χ4v) is 14.0. The van der Waals surface area contributed by atoms with E-state index in [2.05, 4.69) is 70.6 Å². The SMILES string of the molecule is CCOc1cc(N2CCC(N3CCN(CCc4cc(F)c(C5CCC(=O)NC5=O)c(F)c4)CC3)CC2)c(CC)cc1Nc1ncc(Br)c(Nc2ccc3nc(C)ccc3c2P2(=O)CCCC2)n1. The molecular weight excluding hydrogens is 939 g/mol. The van der Waals surface area contributed by atoms with E-state index in [1.54, 1.807) is 6.20 Å². The van der Waals surface area contributed by atoms with E-state index in [1.165, 1.54) is 23.4 Å². The highest BCUT2D eigenvalue weighted by molar-refractivity contribution is 9.10. The second-order valence-electron chi connectivity index (χ2n) is 18.3. The van der Waals surface area contributed by atoms with Gasteiger partial charge in [-0.15, -0.1) is 0 Å². The molecule has 4 saturated heterocycles. The zero-order valence-corrected chi connectivity index (χ0v) is 41.0. The Morgan fingerprint density at radius 1 is 0.896 bits per heavy atom. The lowest BCUT2D eigenvalue weighted by atomic mass is 9.89. The molecule has 0 saturated carbocycles. The molecule has 6 heterocycles. The maximum Gasteiger partial charge on any atom is 0.234 e. The van der Waals surface area contributed by atoms with E-state index in [9.17, 15) is 14.2 Å². The van der Waals surface area contributed by atoms with Crippen LogP contribution in [-0.4, -0.2) is 107 Å². The molecular formula is C50H59BrF2N9O4P. The minimum Gasteiger partial charge on any atom is -0.492 e. The number of hydrogen-bond donors (Lipinski definition) is 3. The highest BCUT2D eigenvalue weighted by Crippen LogP contribution is 2.54. The van der Waals surface area contributed by atoms with Crippen molar-refractivity contribution < 1.29 is 27.7 Å². The topological polar surface area (TPSA) is 145 Å². The number of fused-ring (bicyclic) bond motifs is 1. The van der Waals surface area contributed by atoms with Crippen LogP contribution < -0.4 is 30.9 Å². The van der Waals surface area contributed by atoms with E-state index in [4.69, 9.17) is 14.7 Å². The van der Waals surface area contributed by atoms with Gasteiger partial charge in [-0.2, -0.15) is 4.98 Å². The predicted molar refractivity (Wildman–Crippen MR) is 264 cm³/mol. The number of piperidine rings is 2. The first-order chi connectivity index (χ1) is 32.4. The summed E-state index contributed by atoms with van der Waals surface area (Å²) < 4.78 is 51.7. The van der Waals surface area contributed by atoms with Crippen molar-refractivity contribution in [2.24, 2.45) is 0 Å². The van der Waals surface area contributed by atoms with Crippen LogP contribution in [0.3, 0.4) is 0 Å². The van der Waals surface area contributed by atoms with E-state index >= 15 is 8.78 Å². The summed E-state index contributed by atoms with van der Waals surface area (Å²) in [6, 6.07) is 15.4. The van der Waals surface area contributed by atoms with E-state index in [0.29, 0.717) is 59.7 Å². The number of anilines is 5. The molecule has 0 spiro atoms. The second-order valence-corrected chi connectivity index (χ2v) is 22.2. The van der Waals surface area contributed by atoms with Gasteiger partial charge in [0.25, 0.3) is 0 Å². The van der Waals surface area contributed by atoms with Gasteiger partial charge in [0, 0.05) is 110 Å². The van der Waals surface area contributed by atoms with Crippen molar-refractivity contribution in [3.63, 3.8) is 0 Å². The third kappa shape index (κ3) is 10.2. The summed E-state index contributed by atoms with van der Waals surface area (Å²) in [6.45, 7) is 12.8. The molecule has 67 heavy (non-hydrogen) atoms. The summed E-state index contributed by atoms with van der Waals surface area (Å²) in [6.07, 6.45) is 8.57. The Kier molecular flexibility index (Phi) is 14.3. The number of aromatic nitrogens is 3. The Labute approximate surface area is 399 Å². The second kappa shape index (κ2) is 20.3. The summed E-state index contributed by atoms with van der Waals surface area (Å²) in [5.41, 5.74) is 6.00. The fraction of sp³-hybridized carbons (Fsp3) is 0.460. The maximum atomic E-state index is 15.1. The average Bonchev–Trinajstić information content (AvgIpc) is 3.77. The van der Waals surface area contributed by atoms with Crippen molar-refractivity contribution in [3.05, 3.63) is 93.2 Å². The Hall–Kier alpha value is -5.02. The number of pyridine rings is 1. The summed E-state index contributed by atoms with van der Waals surface area (Å²) >= 11 is 3.67. The van der Waals surface area contributed by atoms with Gasteiger partial charge in [0.05, 0.1) is 33.9 Å². The molecule has 4 aliphatic heterocycles. The van der Waals surface area contributed by atoms with Gasteiger partial charge in [-0.25, -0.2) is 13.8 Å². The lowest BCUT2D eigenvalue weighted by Gasteiger charge is -2.43. The van der Waals surface area contributed by atoms with E-state index in [-0.39, 0.29) is 18.4 Å². The Balaban J connectivity index is 0.824. The first-order valence-corrected chi connectivity index (χ1v) is 26.6. The van der Waals surface area contributed by atoms with Crippen LogP contribution in [0.2, 0.25) is 0 Å². The summed E-state index contributed by atoms with van der Waals surface area (Å²) in [4.78, 5) is 45.6. The number of halogens is 3. The monoisotopic (exact) mass is 997 g/mol. The summed E-state index contributed by atoms with van der Waals surface area (Å²) in [7, 11) is -2.65. The van der Waals surface area contributed by atoms with Crippen LogP contribution in [0.25, 0.3) is 10.9 Å². The Morgan fingerprint density at radius 2 is 1.64 bits per heavy atom. The largest absolute Gasteiger partial charge is 0.492 e. The minimum absolute atomic E-state index is 0.0656. The zero-order chi connectivity index (χ0) is 46.8. The summed E-state index contributed by atoms with van der Waals surface area (Å²) in [5.74, 6) is -1.83. The number of ether oxygens (including phenoxy) is 1. The molecule has 354 valence electrons. The molecule has 1 unspecified atom stereocenters. The molecule has 4 aliphatic rings. The summed E-state index contributed by atoms with van der Waals surface area (Å²) in [5, 5.41) is 11.0. The van der Waals surface area contributed by atoms with Gasteiger partial charge in [0.15, 0.2) is 0 Å². The van der Waals surface area contributed by atoms with Crippen LogP contribution in [0.1, 0.15) is 80.7 Å². The van der Waals surface area contributed by atoms with Gasteiger partial charge in [-0.3, -0.25) is 24.8 Å². The number of nitrogens with one attached hydrogen (secondary N) is 3. The molecule has 13 nitrogen and oxygen atoms in total. The highest BCUT2D eigenvalue weighted by Gasteiger charge is 2.35. The molecule has 4 fully saturated rings. The fourth-order valence-electron chi connectivity index (χ4n) is 10.4. The predicted octanol–water partition coefficient (Wildman–Crippen LogP) is 8.95. The first kappa shape index (κ1) is 47.1. The zero-order valence-electron chi connectivity index (χ0n) is 38.5. The van der Waals surface area contributed by atoms with Crippen LogP contribution in [0.4, 0.5) is 37.6 Å². The normalized spacial score (nSPS) is 19.5. The van der Waals surface area contributed by atoms with Gasteiger partial charge in [0.1, 0.15) is 30.3 Å². The van der Waals surface area contributed by atoms with Gasteiger partial charge in [-0.1, -0.05) is 13.0 Å². The standard InChI is InChI=1S/C50H59BrF2N9O4P/c1-4-33-28-42(57-50-54-30-37(51)48(59-50)56-41-12-11-40-35(9-8-31(3)55-40)47(41)67(65)24-6-7-25-67)44(66-5-2)29-43(33)62-18-15-34(16-19-62)61-22-20-60(21-23-61)17-14-32-26-38(52)46(39(53)27-32)36-10-13-45(63)58-49(36)64/h8-9,11-12,26-30,34,36H,4-7,10,13-25H2,1-3H3,(H,58,63,64)(H2,54,56,57,59). The van der Waals surface area contributed by atoms with Crippen molar-refractivity contribution in [2.75, 3.05) is 80.3 Å². The van der Waals surface area contributed by atoms with E-state index in [1.807, 2.05) is 38.1 Å². The minimum atomic E-state index is -2.65. The molecule has 1 atom stereocenters. The third-order valence-corrected chi connectivity index (χ3v) is 17.9. The molecule has 9 rings (SSSR count). The first-order valence-electron chi connectivity index (χ1n) is 23.8. The lowest BCUT2D eigenvalue weighted by Crippen LogP contribution is -2.53. The third-order valence-electron chi connectivity index (χ3n) is 14.0. The number of imide groups is 1. The highest BCUT2D eigenvalue weighted by atomic mass is 79.9. The van der Waals surface area contributed by atoms with Crippen LogP contribution in [0, 0.1) is 18.6 Å². The number of carbonyl (C=O) groups excluding carboxylic acids is 2. The van der Waals surface area contributed by atoms with Gasteiger partial charge >= 0.3 is 0 Å². The Bertz CT molecular complexity index is 2700. The number of rotatable bonds is 14. The number of benzene rings is 3. The van der Waals surface area contributed by atoms with Gasteiger partial charge in [-0.05, 0) is 122 Å². The van der Waals surface area contributed by atoms with E-state index in [0.717, 1.165) is 110 Å². The van der Waals surface area contributed by atoms with Crippen molar-refractivity contribution in [2.45, 2.75) is 84.1 Å². The number of amides is 2. The molecule has 0 aliphatic carbocycles. The molecule has 0 bridgehead atoms. The van der Waals surface area contributed by atoms with Crippen molar-refractivity contribution >= 4 is 79.9 Å². The van der Waals surface area contributed by atoms with Crippen LogP contribution in [-0.2, 0) is 27.0 Å². The number of piperazine rings is 1. The molecule has 3 N–H and O–H groups in total. The van der Waals surface area contributed by atoms with Gasteiger partial charge in [0.2, 0.25) is 17.8 Å². The van der Waals surface area contributed by atoms with Crippen molar-refractivity contribution in [1.82, 2.24) is 30.1 Å². The van der Waals surface area contributed by atoms with Crippen LogP contribution >= 0.6 is 23.1 Å². The van der Waals surface area contributed by atoms with Crippen LogP contribution in [0.15, 0.2) is 59.2 Å². The number of nitrogens with zero attached hydrogens (tertiary/aromatic N) is 6. The van der Waals surface area contributed by atoms with E-state index < -0.39 is 36.5 Å². The quantitative estimate of drug-likeness (QED) is 0.0722. The Morgan fingerprint density at radius 3 is 2.34 bits per heavy atom. The molecule has 5 aromatic rings. The molecule has 17 heteroatoms. The van der Waals surface area contributed by atoms with Crippen LogP contribution in [0.5, 0.6) is 5.75 Å². The molecule has 0 radical (unpaired) electrons. The van der Waals surface area contributed by atoms with Crippen molar-refractivity contribution in [1.29, 1.82) is 0 Å². The number of carbonyl (C=O) groups is 2. The average molecular weight is 999 g/mol. The molecule has 2 amide bonds. The van der Waals surface area contributed by atoms with Gasteiger partial charge < -0.3 is 29.7 Å². The molecule has 2 aromatic heterocycles. The van der Waals surface area contributed by atoms with Crippen molar-refractivity contribution in [3.8, 4) is 5.75 Å². The lowest BCUT2D eigenvalue weighted by molar-refractivity contribution is -0.134. The smallest absolute Gasteiger partial charge is 0.234 e. The molecule has 3 aromatic carbocycles. The number of aryl methyl sites for hydroxylation is 2. The maximum absolute atomic E-state index is 15.1. The number of hydrogen-bond acceptors (Lipinski definition) is 12.